The van der Waals surface area contributed by atoms with Crippen LogP contribution in [0.3, 0.4) is 0 Å². The van der Waals surface area contributed by atoms with Gasteiger partial charge in [0.25, 0.3) is 0 Å². The average molecular weight is 612 g/mol. The fraction of sp³-hybridized carbons (Fsp3) is 0.562. The lowest BCUT2D eigenvalue weighted by Gasteiger charge is -2.33. The number of ether oxygens (including phenoxy) is 2. The van der Waals surface area contributed by atoms with Gasteiger partial charge in [-0.25, -0.2) is 13.4 Å². The Morgan fingerprint density at radius 2 is 1.93 bits per heavy atom. The van der Waals surface area contributed by atoms with Crippen LogP contribution in [0.15, 0.2) is 43.1 Å². The minimum Gasteiger partial charge on any atom is -0.496 e. The second-order valence-electron chi connectivity index (χ2n) is 13.2. The van der Waals surface area contributed by atoms with Gasteiger partial charge in [0.05, 0.1) is 18.9 Å². The number of hydrogen-bond acceptors (Lipinski definition) is 8. The largest absolute Gasteiger partial charge is 0.496 e. The molecule has 2 saturated carbocycles. The molecule has 2 aromatic rings. The smallest absolute Gasteiger partial charge is 0.243 e. The third kappa shape index (κ3) is 6.01. The molecule has 0 radical (unpaired) electrons. The van der Waals surface area contributed by atoms with Crippen LogP contribution in [0.2, 0.25) is 0 Å². The molecule has 2 amide bonds. The number of benzene rings is 1. The van der Waals surface area contributed by atoms with Crippen molar-refractivity contribution in [3.63, 3.8) is 0 Å². The number of pyridine rings is 1. The zero-order valence-corrected chi connectivity index (χ0v) is 26.3. The third-order valence-electron chi connectivity index (χ3n) is 9.25. The summed E-state index contributed by atoms with van der Waals surface area (Å²) in [4.78, 5) is 47.1. The monoisotopic (exact) mass is 611 g/mol. The lowest BCUT2D eigenvalue weighted by atomic mass is 9.81. The highest BCUT2D eigenvalue weighted by atomic mass is 32.2. The van der Waals surface area contributed by atoms with E-state index in [1.807, 2.05) is 52.0 Å². The van der Waals surface area contributed by atoms with Crippen LogP contribution in [-0.2, 0) is 24.2 Å². The van der Waals surface area contributed by atoms with Gasteiger partial charge in [-0.2, -0.15) is 0 Å². The predicted octanol–water partition coefficient (Wildman–Crippen LogP) is 3.48. The summed E-state index contributed by atoms with van der Waals surface area (Å²) in [5, 5.41) is 3.96. The van der Waals surface area contributed by atoms with Crippen LogP contribution in [0.4, 0.5) is 0 Å². The summed E-state index contributed by atoms with van der Waals surface area (Å²) in [6, 6.07) is 6.48. The molecule has 2 heterocycles. The average Bonchev–Trinajstić information content (AvgIpc) is 3.88. The highest BCUT2D eigenvalue weighted by Crippen LogP contribution is 2.46. The number of sulfone groups is 1. The van der Waals surface area contributed by atoms with Gasteiger partial charge in [-0.3, -0.25) is 14.4 Å². The maximum absolute atomic E-state index is 13.9. The van der Waals surface area contributed by atoms with E-state index >= 15 is 0 Å². The number of carbonyl (C=O) groups excluding carboxylic acids is 3. The van der Waals surface area contributed by atoms with E-state index in [2.05, 4.69) is 16.9 Å². The van der Waals surface area contributed by atoms with Crippen molar-refractivity contribution in [3.05, 3.63) is 43.1 Å². The van der Waals surface area contributed by atoms with E-state index in [1.165, 1.54) is 4.90 Å². The number of amides is 2. The minimum absolute atomic E-state index is 0.154. The Hall–Kier alpha value is -3.47. The number of methoxy groups -OCH3 is 1. The van der Waals surface area contributed by atoms with Gasteiger partial charge in [-0.1, -0.05) is 39.8 Å². The molecule has 10 nitrogen and oxygen atoms in total. The van der Waals surface area contributed by atoms with Gasteiger partial charge in [-0.05, 0) is 42.9 Å². The summed E-state index contributed by atoms with van der Waals surface area (Å²) in [6.07, 6.45) is 4.23. The Bertz CT molecular complexity index is 1560. The van der Waals surface area contributed by atoms with Gasteiger partial charge in [-0.15, -0.1) is 6.58 Å². The highest BCUT2D eigenvalue weighted by molar-refractivity contribution is 7.93. The molecule has 0 unspecified atom stereocenters. The standard InChI is InChI=1S/C32H41N3O7S/c1-7-20-16-32(20,27(36)18-43(39,40)22-11-12-22)34-28(37)25-15-21(17-35(25)30(38)19(2)31(3,4)5)42-29-24-9-8-10-26(41-6)23(24)13-14-33-29/h7-10,13-14,19-22,25H,1,11-12,15-18H2,2-6H3,(H,34,37)/t19-,20-,21-,25+,32-/m1/s1. The van der Waals surface area contributed by atoms with E-state index in [0.29, 0.717) is 24.5 Å². The SMILES string of the molecule is C=C[C@@H]1C[C@]1(NC(=O)[C@@H]1C[C@@H](Oc2nccc3c(OC)cccc23)CN1C(=O)[C@@H](C)C(C)(C)C)C(=O)CS(=O)(=O)C1CC1. The number of ketones is 1. The second kappa shape index (κ2) is 11.2. The third-order valence-corrected chi connectivity index (χ3v) is 11.4. The van der Waals surface area contributed by atoms with Gasteiger partial charge in [0.2, 0.25) is 17.7 Å². The Labute approximate surface area is 253 Å². The molecular formula is C32H41N3O7S. The molecule has 5 atom stereocenters. The van der Waals surface area contributed by atoms with E-state index in [9.17, 15) is 22.8 Å². The van der Waals surface area contributed by atoms with Crippen molar-refractivity contribution in [1.82, 2.24) is 15.2 Å². The van der Waals surface area contributed by atoms with Gasteiger partial charge in [0.15, 0.2) is 15.6 Å². The number of Topliss-reactive ketones (excluding diaryl/α,β-unsaturated/α-hetero) is 1. The molecule has 1 aromatic heterocycles. The summed E-state index contributed by atoms with van der Waals surface area (Å²) in [5.41, 5.74) is -1.69. The molecule has 2 aliphatic carbocycles. The first-order valence-corrected chi connectivity index (χ1v) is 16.5. The number of nitrogens with one attached hydrogen (secondary N) is 1. The molecule has 43 heavy (non-hydrogen) atoms. The fourth-order valence-electron chi connectivity index (χ4n) is 5.84. The first-order valence-electron chi connectivity index (χ1n) is 14.8. The van der Waals surface area contributed by atoms with E-state index in [0.717, 1.165) is 10.8 Å². The van der Waals surface area contributed by atoms with Crippen LogP contribution < -0.4 is 14.8 Å². The topological polar surface area (TPSA) is 132 Å². The minimum atomic E-state index is -3.57. The van der Waals surface area contributed by atoms with Gasteiger partial charge < -0.3 is 19.7 Å². The molecule has 0 spiro atoms. The number of hydrogen-bond donors (Lipinski definition) is 1. The number of fused-ring (bicyclic) bond motifs is 1. The van der Waals surface area contributed by atoms with Crippen molar-refractivity contribution >= 4 is 38.2 Å². The summed E-state index contributed by atoms with van der Waals surface area (Å²) in [7, 11) is -1.98. The molecule has 1 N–H and O–H groups in total. The quantitative estimate of drug-likeness (QED) is 0.382. The molecule has 1 saturated heterocycles. The van der Waals surface area contributed by atoms with Gasteiger partial charge in [0.1, 0.15) is 29.2 Å². The van der Waals surface area contributed by atoms with Crippen molar-refractivity contribution in [2.24, 2.45) is 17.3 Å². The van der Waals surface area contributed by atoms with E-state index in [4.69, 9.17) is 9.47 Å². The number of carbonyl (C=O) groups is 3. The molecule has 11 heteroatoms. The first kappa shape index (κ1) is 31.0. The number of aromatic nitrogens is 1. The normalized spacial score (nSPS) is 26.1. The molecule has 3 fully saturated rings. The van der Waals surface area contributed by atoms with Crippen LogP contribution in [-0.4, -0.2) is 78.2 Å². The Balaban J connectivity index is 1.40. The number of likely N-dealkylation sites (tertiary alicyclic amines) is 1. The zero-order valence-electron chi connectivity index (χ0n) is 25.5. The summed E-state index contributed by atoms with van der Waals surface area (Å²) < 4.78 is 37.1. The van der Waals surface area contributed by atoms with E-state index < -0.39 is 56.1 Å². The maximum Gasteiger partial charge on any atom is 0.243 e. The van der Waals surface area contributed by atoms with Gasteiger partial charge >= 0.3 is 0 Å². The summed E-state index contributed by atoms with van der Waals surface area (Å²) in [6.45, 7) is 11.7. The summed E-state index contributed by atoms with van der Waals surface area (Å²) >= 11 is 0. The maximum atomic E-state index is 13.9. The molecule has 1 aliphatic heterocycles. The molecule has 232 valence electrons. The Morgan fingerprint density at radius 1 is 1.21 bits per heavy atom. The number of nitrogens with zero attached hydrogens (tertiary/aromatic N) is 2. The van der Waals surface area contributed by atoms with Crippen molar-refractivity contribution in [3.8, 4) is 11.6 Å². The Morgan fingerprint density at radius 3 is 2.53 bits per heavy atom. The number of rotatable bonds is 11. The predicted molar refractivity (Wildman–Crippen MR) is 162 cm³/mol. The van der Waals surface area contributed by atoms with Crippen LogP contribution >= 0.6 is 0 Å². The highest BCUT2D eigenvalue weighted by Gasteiger charge is 2.61. The van der Waals surface area contributed by atoms with Gasteiger partial charge in [0, 0.05) is 35.2 Å². The van der Waals surface area contributed by atoms with Crippen LogP contribution in [0.1, 0.15) is 53.4 Å². The fourth-order valence-corrected chi connectivity index (χ4v) is 7.55. The van der Waals surface area contributed by atoms with Crippen LogP contribution in [0.25, 0.3) is 10.8 Å². The molecule has 3 aliphatic rings. The lowest BCUT2D eigenvalue weighted by molar-refractivity contribution is -0.144. The molecule has 1 aromatic carbocycles. The van der Waals surface area contributed by atoms with Crippen molar-refractivity contribution < 1.29 is 32.3 Å². The summed E-state index contributed by atoms with van der Waals surface area (Å²) in [5.74, 6) is -1.58. The second-order valence-corrected chi connectivity index (χ2v) is 15.5. The first-order chi connectivity index (χ1) is 20.2. The molecule has 0 bridgehead atoms. The zero-order chi connectivity index (χ0) is 31.3. The van der Waals surface area contributed by atoms with Crippen molar-refractivity contribution in [2.75, 3.05) is 19.4 Å². The van der Waals surface area contributed by atoms with E-state index in [1.54, 1.807) is 19.4 Å². The van der Waals surface area contributed by atoms with E-state index in [-0.39, 0.29) is 36.6 Å². The lowest BCUT2D eigenvalue weighted by Crippen LogP contribution is -2.55. The van der Waals surface area contributed by atoms with Crippen molar-refractivity contribution in [2.45, 2.75) is 76.3 Å². The van der Waals surface area contributed by atoms with Crippen LogP contribution in [0.5, 0.6) is 11.6 Å². The Kier molecular flexibility index (Phi) is 8.09. The van der Waals surface area contributed by atoms with Crippen molar-refractivity contribution in [1.29, 1.82) is 0 Å². The molecular weight excluding hydrogens is 570 g/mol. The molecule has 5 rings (SSSR count). The van der Waals surface area contributed by atoms with Crippen LogP contribution in [0, 0.1) is 17.3 Å².